The molecule has 0 bridgehead atoms. The first-order valence-corrected chi connectivity index (χ1v) is 9.50. The summed E-state index contributed by atoms with van der Waals surface area (Å²) in [4.78, 5) is 15.9. The van der Waals surface area contributed by atoms with Crippen LogP contribution in [-0.2, 0) is 21.2 Å². The highest BCUT2D eigenvalue weighted by Gasteiger charge is 2.15. The Labute approximate surface area is 151 Å². The molecule has 0 aliphatic carbocycles. The molecule has 0 aliphatic heterocycles. The molecule has 0 saturated carbocycles. The maximum Gasteiger partial charge on any atom is 0.337 e. The third kappa shape index (κ3) is 3.89. The number of nitrogens with one attached hydrogen (secondary N) is 1. The van der Waals surface area contributed by atoms with Crippen molar-refractivity contribution in [3.8, 4) is 0 Å². The Morgan fingerprint density at radius 3 is 2.54 bits per heavy atom. The molecule has 0 aliphatic rings. The molecule has 1 N–H and O–H groups in total. The summed E-state index contributed by atoms with van der Waals surface area (Å²) in [6.45, 7) is 0.247. The quantitative estimate of drug-likeness (QED) is 0.674. The van der Waals surface area contributed by atoms with Crippen molar-refractivity contribution in [2.24, 2.45) is 0 Å². The number of para-hydroxylation sites is 1. The molecule has 7 heteroatoms. The molecule has 0 fully saturated rings. The smallest absolute Gasteiger partial charge is 0.337 e. The van der Waals surface area contributed by atoms with E-state index in [0.29, 0.717) is 12.0 Å². The Hall–Kier alpha value is -2.77. The molecule has 134 valence electrons. The lowest BCUT2D eigenvalue weighted by atomic mass is 10.1. The number of hydrogen-bond donors (Lipinski definition) is 1. The molecule has 0 atom stereocenters. The van der Waals surface area contributed by atoms with Gasteiger partial charge in [-0.15, -0.1) is 0 Å². The first kappa shape index (κ1) is 18.0. The molecule has 3 aromatic rings. The SMILES string of the molecule is COC(=O)c1ccc(S(=O)(=O)NCCc2cccc3cccnc23)cc1. The van der Waals surface area contributed by atoms with Gasteiger partial charge in [0.25, 0.3) is 0 Å². The third-order valence-electron chi connectivity index (χ3n) is 3.99. The summed E-state index contributed by atoms with van der Waals surface area (Å²) in [5, 5.41) is 1.02. The fourth-order valence-electron chi connectivity index (χ4n) is 2.66. The zero-order valence-corrected chi connectivity index (χ0v) is 15.0. The summed E-state index contributed by atoms with van der Waals surface area (Å²) in [7, 11) is -2.38. The number of methoxy groups -OCH3 is 1. The molecule has 1 aromatic heterocycles. The molecular weight excluding hydrogens is 352 g/mol. The third-order valence-corrected chi connectivity index (χ3v) is 5.47. The fraction of sp³-hybridized carbons (Fsp3) is 0.158. The number of fused-ring (bicyclic) bond motifs is 1. The van der Waals surface area contributed by atoms with Crippen LogP contribution in [0, 0.1) is 0 Å². The Bertz CT molecular complexity index is 1030. The van der Waals surface area contributed by atoms with Gasteiger partial charge in [0, 0.05) is 18.1 Å². The number of esters is 1. The summed E-state index contributed by atoms with van der Waals surface area (Å²) in [6.07, 6.45) is 2.24. The van der Waals surface area contributed by atoms with E-state index in [1.807, 2.05) is 30.3 Å². The van der Waals surface area contributed by atoms with Gasteiger partial charge in [-0.25, -0.2) is 17.9 Å². The molecule has 3 rings (SSSR count). The molecular formula is C19H18N2O4S. The van der Waals surface area contributed by atoms with Crippen LogP contribution < -0.4 is 4.72 Å². The van der Waals surface area contributed by atoms with Crippen LogP contribution in [0.4, 0.5) is 0 Å². The molecule has 1 heterocycles. The highest BCUT2D eigenvalue weighted by Crippen LogP contribution is 2.16. The van der Waals surface area contributed by atoms with E-state index in [2.05, 4.69) is 14.4 Å². The lowest BCUT2D eigenvalue weighted by Gasteiger charge is -2.09. The van der Waals surface area contributed by atoms with Gasteiger partial charge < -0.3 is 4.74 Å². The van der Waals surface area contributed by atoms with E-state index in [0.717, 1.165) is 16.5 Å². The largest absolute Gasteiger partial charge is 0.465 e. The van der Waals surface area contributed by atoms with Crippen LogP contribution in [0.15, 0.2) is 65.7 Å². The van der Waals surface area contributed by atoms with Gasteiger partial charge in [0.05, 0.1) is 23.1 Å². The predicted octanol–water partition coefficient (Wildman–Crippen LogP) is 2.54. The minimum Gasteiger partial charge on any atom is -0.465 e. The van der Waals surface area contributed by atoms with Gasteiger partial charge in [-0.05, 0) is 42.3 Å². The Morgan fingerprint density at radius 2 is 1.81 bits per heavy atom. The van der Waals surface area contributed by atoms with Crippen molar-refractivity contribution in [2.45, 2.75) is 11.3 Å². The summed E-state index contributed by atoms with van der Waals surface area (Å²) < 4.78 is 32.0. The molecule has 26 heavy (non-hydrogen) atoms. The maximum absolute atomic E-state index is 12.4. The van der Waals surface area contributed by atoms with Gasteiger partial charge in [0.2, 0.25) is 10.0 Å². The van der Waals surface area contributed by atoms with E-state index in [4.69, 9.17) is 0 Å². The second-order valence-corrected chi connectivity index (χ2v) is 7.42. The number of carbonyl (C=O) groups excluding carboxylic acids is 1. The second-order valence-electron chi connectivity index (χ2n) is 5.66. The number of pyridine rings is 1. The van der Waals surface area contributed by atoms with E-state index in [9.17, 15) is 13.2 Å². The van der Waals surface area contributed by atoms with Gasteiger partial charge in [-0.1, -0.05) is 24.3 Å². The summed E-state index contributed by atoms with van der Waals surface area (Å²) in [5.74, 6) is -0.509. The number of benzene rings is 2. The van der Waals surface area contributed by atoms with Crippen molar-refractivity contribution in [1.29, 1.82) is 0 Å². The molecule has 2 aromatic carbocycles. The molecule has 6 nitrogen and oxygen atoms in total. The molecule has 0 radical (unpaired) electrons. The van der Waals surface area contributed by atoms with Crippen LogP contribution >= 0.6 is 0 Å². The summed E-state index contributed by atoms with van der Waals surface area (Å²) >= 11 is 0. The lowest BCUT2D eigenvalue weighted by molar-refractivity contribution is 0.0600. The maximum atomic E-state index is 12.4. The van der Waals surface area contributed by atoms with Gasteiger partial charge in [0.15, 0.2) is 0 Å². The van der Waals surface area contributed by atoms with Gasteiger partial charge in [-0.3, -0.25) is 4.98 Å². The van der Waals surface area contributed by atoms with Crippen LogP contribution in [-0.4, -0.2) is 33.0 Å². The fourth-order valence-corrected chi connectivity index (χ4v) is 3.69. The van der Waals surface area contributed by atoms with Crippen molar-refractivity contribution in [3.63, 3.8) is 0 Å². The molecule has 0 unspecified atom stereocenters. The predicted molar refractivity (Wildman–Crippen MR) is 98.4 cm³/mol. The molecule has 0 amide bonds. The van der Waals surface area contributed by atoms with Crippen molar-refractivity contribution in [3.05, 3.63) is 71.9 Å². The zero-order valence-electron chi connectivity index (χ0n) is 14.2. The van der Waals surface area contributed by atoms with Gasteiger partial charge >= 0.3 is 5.97 Å². The average Bonchev–Trinajstić information content (AvgIpc) is 2.67. The number of rotatable bonds is 6. The van der Waals surface area contributed by atoms with E-state index >= 15 is 0 Å². The van der Waals surface area contributed by atoms with E-state index in [1.165, 1.54) is 31.4 Å². The monoisotopic (exact) mass is 370 g/mol. The number of ether oxygens (including phenoxy) is 1. The highest BCUT2D eigenvalue weighted by molar-refractivity contribution is 7.89. The lowest BCUT2D eigenvalue weighted by Crippen LogP contribution is -2.26. The average molecular weight is 370 g/mol. The zero-order chi connectivity index (χ0) is 18.6. The van der Waals surface area contributed by atoms with Crippen LogP contribution in [0.1, 0.15) is 15.9 Å². The van der Waals surface area contributed by atoms with Crippen molar-refractivity contribution in [2.75, 3.05) is 13.7 Å². The van der Waals surface area contributed by atoms with E-state index in [1.54, 1.807) is 6.20 Å². The number of carbonyl (C=O) groups is 1. The minimum atomic E-state index is -3.66. The molecule has 0 spiro atoms. The van der Waals surface area contributed by atoms with Gasteiger partial charge in [-0.2, -0.15) is 0 Å². The number of aromatic nitrogens is 1. The summed E-state index contributed by atoms with van der Waals surface area (Å²) in [5.41, 5.74) is 2.15. The number of sulfonamides is 1. The Kier molecular flexibility index (Phi) is 5.29. The van der Waals surface area contributed by atoms with Crippen LogP contribution in [0.5, 0.6) is 0 Å². The topological polar surface area (TPSA) is 85.4 Å². The van der Waals surface area contributed by atoms with Crippen LogP contribution in [0.2, 0.25) is 0 Å². The number of nitrogens with zero attached hydrogens (tertiary/aromatic N) is 1. The molecule has 0 saturated heterocycles. The second kappa shape index (κ2) is 7.63. The van der Waals surface area contributed by atoms with Crippen LogP contribution in [0.3, 0.4) is 0 Å². The number of hydrogen-bond acceptors (Lipinski definition) is 5. The Morgan fingerprint density at radius 1 is 1.08 bits per heavy atom. The minimum absolute atomic E-state index is 0.0983. The normalized spacial score (nSPS) is 11.4. The van der Waals surface area contributed by atoms with Crippen molar-refractivity contribution < 1.29 is 17.9 Å². The van der Waals surface area contributed by atoms with Crippen molar-refractivity contribution >= 4 is 26.9 Å². The van der Waals surface area contributed by atoms with Crippen molar-refractivity contribution in [1.82, 2.24) is 9.71 Å². The van der Waals surface area contributed by atoms with Gasteiger partial charge in [0.1, 0.15) is 0 Å². The highest BCUT2D eigenvalue weighted by atomic mass is 32.2. The summed E-state index contributed by atoms with van der Waals surface area (Å²) in [6, 6.07) is 15.3. The first-order chi connectivity index (χ1) is 12.5. The van der Waals surface area contributed by atoms with E-state index < -0.39 is 16.0 Å². The first-order valence-electron chi connectivity index (χ1n) is 8.02. The van der Waals surface area contributed by atoms with Crippen LogP contribution in [0.25, 0.3) is 10.9 Å². The van der Waals surface area contributed by atoms with E-state index in [-0.39, 0.29) is 11.4 Å². The standard InChI is InChI=1S/C19H18N2O4S/c1-25-19(22)16-7-9-17(10-8-16)26(23,24)21-13-11-15-5-2-4-14-6-3-12-20-18(14)15/h2-10,12,21H,11,13H2,1H3. The Balaban J connectivity index is 1.69.